The molecule has 0 spiro atoms. The number of rotatable bonds is 3. The first kappa shape index (κ1) is 15.1. The van der Waals surface area contributed by atoms with Crippen molar-refractivity contribution < 1.29 is 9.90 Å². The molecule has 3 N–H and O–H groups in total. The molecule has 1 unspecified atom stereocenters. The van der Waals surface area contributed by atoms with Crippen LogP contribution in [0.3, 0.4) is 0 Å². The Morgan fingerprint density at radius 2 is 1.62 bits per heavy atom. The lowest BCUT2D eigenvalue weighted by molar-refractivity contribution is -0.128. The van der Waals surface area contributed by atoms with Crippen LogP contribution in [-0.4, -0.2) is 22.8 Å². The topological polar surface area (TPSA) is 61.4 Å². The van der Waals surface area contributed by atoms with E-state index in [0.717, 1.165) is 0 Å². The summed E-state index contributed by atoms with van der Waals surface area (Å²) in [6.07, 6.45) is -0.939. The minimum absolute atomic E-state index is 0.160. The predicted molar refractivity (Wildman–Crippen MR) is 65.6 cm³/mol. The van der Waals surface area contributed by atoms with Crippen LogP contribution in [-0.2, 0) is 4.79 Å². The molecule has 0 rings (SSSR count). The van der Waals surface area contributed by atoms with Gasteiger partial charge in [-0.3, -0.25) is 10.1 Å². The van der Waals surface area contributed by atoms with Gasteiger partial charge in [-0.25, -0.2) is 0 Å². The molecule has 4 heteroatoms. The normalized spacial score (nSPS) is 14.4. The lowest BCUT2D eigenvalue weighted by Crippen LogP contribution is -2.48. The van der Waals surface area contributed by atoms with Crippen LogP contribution in [0.4, 0.5) is 0 Å². The third-order valence-corrected chi connectivity index (χ3v) is 1.86. The number of nitrogens with one attached hydrogen (secondary N) is 2. The summed E-state index contributed by atoms with van der Waals surface area (Å²) < 4.78 is 0. The second-order valence-corrected chi connectivity index (χ2v) is 6.03. The van der Waals surface area contributed by atoms with E-state index in [1.54, 1.807) is 20.8 Å². The van der Waals surface area contributed by atoms with Gasteiger partial charge < -0.3 is 10.4 Å². The highest BCUT2D eigenvalue weighted by atomic mass is 16.3. The van der Waals surface area contributed by atoms with Crippen molar-refractivity contribution in [2.45, 2.75) is 53.3 Å². The number of carbonyl (C=O) groups excluding carboxylic acids is 1. The van der Waals surface area contributed by atoms with Gasteiger partial charge in [-0.2, -0.15) is 0 Å². The molecule has 0 aliphatic heterocycles. The van der Waals surface area contributed by atoms with E-state index in [1.165, 1.54) is 0 Å². The molecule has 0 aromatic rings. The molecule has 0 aromatic heterocycles. The maximum absolute atomic E-state index is 11.6. The van der Waals surface area contributed by atoms with Gasteiger partial charge in [0.05, 0.1) is 5.70 Å². The van der Waals surface area contributed by atoms with Crippen molar-refractivity contribution in [1.29, 1.82) is 0 Å². The number of amides is 1. The number of hydrogen-bond acceptors (Lipinski definition) is 3. The van der Waals surface area contributed by atoms with Crippen molar-refractivity contribution in [2.24, 2.45) is 5.41 Å². The molecule has 0 fully saturated rings. The summed E-state index contributed by atoms with van der Waals surface area (Å²) in [4.78, 5) is 11.6. The second kappa shape index (κ2) is 4.97. The van der Waals surface area contributed by atoms with Crippen LogP contribution in [0.15, 0.2) is 12.3 Å². The van der Waals surface area contributed by atoms with Crippen molar-refractivity contribution in [3.8, 4) is 0 Å². The van der Waals surface area contributed by atoms with Gasteiger partial charge in [0.25, 0.3) is 0 Å². The first-order chi connectivity index (χ1) is 6.93. The van der Waals surface area contributed by atoms with Crippen LogP contribution >= 0.6 is 0 Å². The summed E-state index contributed by atoms with van der Waals surface area (Å²) in [5.41, 5.74) is -0.464. The van der Waals surface area contributed by atoms with E-state index in [2.05, 4.69) is 17.2 Å². The first-order valence-electron chi connectivity index (χ1n) is 5.39. The van der Waals surface area contributed by atoms with Crippen molar-refractivity contribution >= 4 is 5.91 Å². The van der Waals surface area contributed by atoms with Crippen LogP contribution in [0.2, 0.25) is 0 Å². The Morgan fingerprint density at radius 1 is 1.19 bits per heavy atom. The summed E-state index contributed by atoms with van der Waals surface area (Å²) in [5.74, 6) is -0.160. The summed E-state index contributed by atoms with van der Waals surface area (Å²) >= 11 is 0. The van der Waals surface area contributed by atoms with Gasteiger partial charge in [0, 0.05) is 11.0 Å². The number of aliphatic hydroxyl groups excluding tert-OH is 1. The minimum atomic E-state index is -0.939. The van der Waals surface area contributed by atoms with Gasteiger partial charge in [0.2, 0.25) is 5.91 Å². The zero-order valence-corrected chi connectivity index (χ0v) is 11.1. The van der Waals surface area contributed by atoms with Crippen LogP contribution in [0.1, 0.15) is 41.5 Å². The van der Waals surface area contributed by atoms with Gasteiger partial charge in [0.15, 0.2) is 0 Å². The molecule has 0 radical (unpaired) electrons. The predicted octanol–water partition coefficient (Wildman–Crippen LogP) is 1.37. The Labute approximate surface area is 98.1 Å². The fourth-order valence-corrected chi connectivity index (χ4v) is 0.899. The Bertz CT molecular complexity index is 272. The molecule has 0 bridgehead atoms. The molecular weight excluding hydrogens is 204 g/mol. The van der Waals surface area contributed by atoms with E-state index in [0.29, 0.717) is 0 Å². The maximum Gasteiger partial charge on any atom is 0.229 e. The molecule has 1 atom stereocenters. The van der Waals surface area contributed by atoms with Crippen molar-refractivity contribution in [2.75, 3.05) is 0 Å². The van der Waals surface area contributed by atoms with Crippen LogP contribution in [0.25, 0.3) is 0 Å². The molecule has 4 nitrogen and oxygen atoms in total. The third-order valence-electron chi connectivity index (χ3n) is 1.86. The molecule has 0 heterocycles. The van der Waals surface area contributed by atoms with Crippen LogP contribution in [0, 0.1) is 5.41 Å². The molecule has 0 saturated carbocycles. The lowest BCUT2D eigenvalue weighted by Gasteiger charge is -2.27. The van der Waals surface area contributed by atoms with Crippen molar-refractivity contribution in [3.63, 3.8) is 0 Å². The molecule has 0 aliphatic carbocycles. The lowest BCUT2D eigenvalue weighted by atomic mass is 9.95. The highest BCUT2D eigenvalue weighted by Gasteiger charge is 2.24. The highest BCUT2D eigenvalue weighted by Crippen LogP contribution is 2.14. The Kier molecular flexibility index (Phi) is 4.70. The van der Waals surface area contributed by atoms with Gasteiger partial charge in [0.1, 0.15) is 6.23 Å². The number of aliphatic hydroxyl groups is 1. The average molecular weight is 228 g/mol. The van der Waals surface area contributed by atoms with E-state index in [-0.39, 0.29) is 17.1 Å². The van der Waals surface area contributed by atoms with Crippen molar-refractivity contribution in [1.82, 2.24) is 10.6 Å². The van der Waals surface area contributed by atoms with Gasteiger partial charge >= 0.3 is 0 Å². The fraction of sp³-hybridized carbons (Fsp3) is 0.750. The quantitative estimate of drug-likeness (QED) is 0.639. The summed E-state index contributed by atoms with van der Waals surface area (Å²) in [6.45, 7) is 14.8. The Balaban J connectivity index is 4.33. The SMILES string of the molecule is C=C(NC(=O)C(C)(C)C)C(O)NC(C)(C)C. The first-order valence-corrected chi connectivity index (χ1v) is 5.39. The van der Waals surface area contributed by atoms with Gasteiger partial charge in [-0.05, 0) is 20.8 Å². The zero-order valence-electron chi connectivity index (χ0n) is 11.1. The number of hydrogen-bond donors (Lipinski definition) is 3. The molecule has 1 amide bonds. The second-order valence-electron chi connectivity index (χ2n) is 6.03. The summed E-state index contributed by atoms with van der Waals surface area (Å²) in [6, 6.07) is 0. The van der Waals surface area contributed by atoms with E-state index >= 15 is 0 Å². The molecule has 0 saturated heterocycles. The standard InChI is InChI=1S/C12H24N2O2/c1-8(9(15)14-12(5,6)7)13-10(16)11(2,3)4/h9,14-15H,1H2,2-7H3,(H,13,16). The molecule has 0 aliphatic rings. The maximum atomic E-state index is 11.6. The summed E-state index contributed by atoms with van der Waals surface area (Å²) in [5, 5.41) is 15.3. The smallest absolute Gasteiger partial charge is 0.229 e. The largest absolute Gasteiger partial charge is 0.373 e. The van der Waals surface area contributed by atoms with E-state index in [4.69, 9.17) is 0 Å². The molecular formula is C12H24N2O2. The van der Waals surface area contributed by atoms with Crippen LogP contribution < -0.4 is 10.6 Å². The highest BCUT2D eigenvalue weighted by molar-refractivity contribution is 5.82. The monoisotopic (exact) mass is 228 g/mol. The number of carbonyl (C=O) groups is 1. The van der Waals surface area contributed by atoms with E-state index < -0.39 is 11.6 Å². The molecule has 16 heavy (non-hydrogen) atoms. The van der Waals surface area contributed by atoms with Crippen LogP contribution in [0.5, 0.6) is 0 Å². The molecule has 0 aromatic carbocycles. The van der Waals surface area contributed by atoms with Gasteiger partial charge in [-0.15, -0.1) is 0 Å². The Morgan fingerprint density at radius 3 is 1.94 bits per heavy atom. The van der Waals surface area contributed by atoms with E-state index in [9.17, 15) is 9.90 Å². The Hall–Kier alpha value is -0.870. The summed E-state index contributed by atoms with van der Waals surface area (Å²) in [7, 11) is 0. The minimum Gasteiger partial charge on any atom is -0.373 e. The van der Waals surface area contributed by atoms with Gasteiger partial charge in [-0.1, -0.05) is 27.4 Å². The fourth-order valence-electron chi connectivity index (χ4n) is 0.899. The molecule has 94 valence electrons. The third kappa shape index (κ3) is 5.88. The average Bonchev–Trinajstić information content (AvgIpc) is 1.98. The van der Waals surface area contributed by atoms with E-state index in [1.807, 2.05) is 20.8 Å². The zero-order chi connectivity index (χ0) is 13.1. The van der Waals surface area contributed by atoms with Crippen molar-refractivity contribution in [3.05, 3.63) is 12.3 Å².